The third-order valence-corrected chi connectivity index (χ3v) is 4.79. The minimum atomic E-state index is -0.724. The Morgan fingerprint density at radius 3 is 2.58 bits per heavy atom. The molecule has 3 aliphatic rings. The number of fused-ring (bicyclic) bond motifs is 1. The Morgan fingerprint density at radius 2 is 1.92 bits per heavy atom. The van der Waals surface area contributed by atoms with Gasteiger partial charge < -0.3 is 29.0 Å². The quantitative estimate of drug-likeness (QED) is 0.779. The van der Waals surface area contributed by atoms with Crippen LogP contribution in [0.2, 0.25) is 0 Å². The maximum absolute atomic E-state index is 12.3. The minimum absolute atomic E-state index is 0.268. The number of hydrogen-bond acceptors (Lipinski definition) is 7. The minimum Gasteiger partial charge on any atom is -0.444 e. The van der Waals surface area contributed by atoms with E-state index < -0.39 is 29.9 Å². The lowest BCUT2D eigenvalue weighted by molar-refractivity contribution is -0.216. The number of aliphatic hydroxyl groups excluding tert-OH is 1. The molecule has 0 spiro atoms. The molecule has 3 heterocycles. The molecule has 0 aromatic carbocycles. The van der Waals surface area contributed by atoms with Crippen molar-refractivity contribution in [3.05, 3.63) is 0 Å². The average molecular weight is 372 g/mol. The van der Waals surface area contributed by atoms with Crippen LogP contribution in [0.25, 0.3) is 0 Å². The highest BCUT2D eigenvalue weighted by Gasteiger charge is 2.54. The zero-order chi connectivity index (χ0) is 19.1. The fraction of sp³-hybridized carbons (Fsp3) is 0.944. The Bertz CT molecular complexity index is 520. The van der Waals surface area contributed by atoms with E-state index in [0.29, 0.717) is 26.2 Å². The SMILES string of the molecule is CC(C)(C)OC(=O)N1CCCN(C[C@H]2O[C@@H]3OC(C)(C)O[C@@H]3[C@H]2O)CC1. The van der Waals surface area contributed by atoms with Crippen molar-refractivity contribution >= 4 is 6.09 Å². The average Bonchev–Trinajstić information content (AvgIpc) is 2.82. The summed E-state index contributed by atoms with van der Waals surface area (Å²) in [6, 6.07) is 0. The van der Waals surface area contributed by atoms with Gasteiger partial charge in [0.15, 0.2) is 12.1 Å². The predicted molar refractivity (Wildman–Crippen MR) is 93.6 cm³/mol. The largest absolute Gasteiger partial charge is 0.444 e. The third-order valence-electron chi connectivity index (χ3n) is 4.79. The van der Waals surface area contributed by atoms with Crippen LogP contribution in [0.1, 0.15) is 41.0 Å². The van der Waals surface area contributed by atoms with Gasteiger partial charge in [-0.1, -0.05) is 0 Å². The second kappa shape index (κ2) is 7.24. The molecule has 3 rings (SSSR count). The first kappa shape index (κ1) is 19.8. The molecule has 3 saturated heterocycles. The number of carbonyl (C=O) groups is 1. The third kappa shape index (κ3) is 4.67. The molecular weight excluding hydrogens is 340 g/mol. The summed E-state index contributed by atoms with van der Waals surface area (Å²) in [5.41, 5.74) is -0.490. The smallest absolute Gasteiger partial charge is 0.410 e. The van der Waals surface area contributed by atoms with Gasteiger partial charge in [0.1, 0.15) is 23.9 Å². The van der Waals surface area contributed by atoms with Gasteiger partial charge in [0, 0.05) is 32.7 Å². The molecule has 0 aromatic rings. The molecular formula is C18H32N2O6. The van der Waals surface area contributed by atoms with Gasteiger partial charge in [-0.05, 0) is 41.0 Å². The van der Waals surface area contributed by atoms with Crippen molar-refractivity contribution in [1.29, 1.82) is 0 Å². The Morgan fingerprint density at radius 1 is 1.19 bits per heavy atom. The molecule has 0 radical (unpaired) electrons. The van der Waals surface area contributed by atoms with E-state index in [1.807, 2.05) is 34.6 Å². The molecule has 150 valence electrons. The highest BCUT2D eigenvalue weighted by Crippen LogP contribution is 2.37. The number of amides is 1. The molecule has 8 nitrogen and oxygen atoms in total. The maximum atomic E-state index is 12.3. The number of nitrogens with zero attached hydrogens (tertiary/aromatic N) is 2. The van der Waals surface area contributed by atoms with E-state index in [-0.39, 0.29) is 12.2 Å². The lowest BCUT2D eigenvalue weighted by atomic mass is 10.1. The number of hydrogen-bond donors (Lipinski definition) is 1. The summed E-state index contributed by atoms with van der Waals surface area (Å²) in [6.45, 7) is 12.7. The van der Waals surface area contributed by atoms with Gasteiger partial charge in [-0.2, -0.15) is 0 Å². The first-order valence-electron chi connectivity index (χ1n) is 9.43. The van der Waals surface area contributed by atoms with Crippen LogP contribution < -0.4 is 0 Å². The first-order chi connectivity index (χ1) is 12.0. The molecule has 26 heavy (non-hydrogen) atoms. The Hall–Kier alpha value is -0.930. The molecule has 0 unspecified atom stereocenters. The zero-order valence-electron chi connectivity index (χ0n) is 16.4. The van der Waals surface area contributed by atoms with Gasteiger partial charge in [0.2, 0.25) is 0 Å². The lowest BCUT2D eigenvalue weighted by Gasteiger charge is -2.28. The lowest BCUT2D eigenvalue weighted by Crippen LogP contribution is -2.43. The maximum Gasteiger partial charge on any atom is 0.410 e. The van der Waals surface area contributed by atoms with E-state index >= 15 is 0 Å². The van der Waals surface area contributed by atoms with Gasteiger partial charge in [-0.3, -0.25) is 4.90 Å². The summed E-state index contributed by atoms with van der Waals surface area (Å²) in [6.07, 6.45) is -1.44. The second-order valence-electron chi connectivity index (χ2n) is 8.76. The highest BCUT2D eigenvalue weighted by molar-refractivity contribution is 5.68. The number of aliphatic hydroxyl groups is 1. The van der Waals surface area contributed by atoms with Crippen molar-refractivity contribution < 1.29 is 28.8 Å². The zero-order valence-corrected chi connectivity index (χ0v) is 16.4. The number of carbonyl (C=O) groups excluding carboxylic acids is 1. The first-order valence-corrected chi connectivity index (χ1v) is 9.43. The van der Waals surface area contributed by atoms with Crippen LogP contribution in [0.15, 0.2) is 0 Å². The molecule has 0 aliphatic carbocycles. The molecule has 3 fully saturated rings. The molecule has 4 atom stereocenters. The van der Waals surface area contributed by atoms with Gasteiger partial charge >= 0.3 is 6.09 Å². The molecule has 8 heteroatoms. The van der Waals surface area contributed by atoms with E-state index in [1.165, 1.54) is 0 Å². The van der Waals surface area contributed by atoms with Crippen LogP contribution in [-0.2, 0) is 18.9 Å². The fourth-order valence-corrected chi connectivity index (χ4v) is 3.63. The normalized spacial score (nSPS) is 35.2. The van der Waals surface area contributed by atoms with Crippen molar-refractivity contribution in [3.8, 4) is 0 Å². The molecule has 0 bridgehead atoms. The second-order valence-corrected chi connectivity index (χ2v) is 8.76. The van der Waals surface area contributed by atoms with Gasteiger partial charge in [0.25, 0.3) is 0 Å². The molecule has 0 saturated carbocycles. The molecule has 1 amide bonds. The molecule has 3 aliphatic heterocycles. The summed E-state index contributed by atoms with van der Waals surface area (Å²) in [5.74, 6) is -0.724. The van der Waals surface area contributed by atoms with Crippen LogP contribution >= 0.6 is 0 Å². The standard InChI is InChI=1S/C18H32N2O6/c1-17(2,3)26-16(22)20-8-6-7-19(9-10-20)11-12-13(21)14-15(23-12)25-18(4,5)24-14/h12-15,21H,6-11H2,1-5H3/t12-,13+,14-,15-/m1/s1. The van der Waals surface area contributed by atoms with E-state index in [1.54, 1.807) is 4.90 Å². The molecule has 0 aromatic heterocycles. The van der Waals surface area contributed by atoms with Crippen LogP contribution in [0.5, 0.6) is 0 Å². The summed E-state index contributed by atoms with van der Waals surface area (Å²) in [5, 5.41) is 10.5. The molecule has 1 N–H and O–H groups in total. The Balaban J connectivity index is 1.49. The van der Waals surface area contributed by atoms with Crippen LogP contribution in [0.4, 0.5) is 4.79 Å². The van der Waals surface area contributed by atoms with Crippen LogP contribution in [-0.4, -0.2) is 89.7 Å². The van der Waals surface area contributed by atoms with E-state index in [2.05, 4.69) is 4.90 Å². The van der Waals surface area contributed by atoms with Gasteiger partial charge in [-0.15, -0.1) is 0 Å². The van der Waals surface area contributed by atoms with Crippen molar-refractivity contribution in [1.82, 2.24) is 9.80 Å². The van der Waals surface area contributed by atoms with E-state index in [0.717, 1.165) is 13.0 Å². The summed E-state index contributed by atoms with van der Waals surface area (Å²) in [7, 11) is 0. The van der Waals surface area contributed by atoms with Crippen molar-refractivity contribution in [2.75, 3.05) is 32.7 Å². The summed E-state index contributed by atoms with van der Waals surface area (Å²) >= 11 is 0. The van der Waals surface area contributed by atoms with Crippen molar-refractivity contribution in [2.45, 2.75) is 77.0 Å². The summed E-state index contributed by atoms with van der Waals surface area (Å²) in [4.78, 5) is 16.2. The van der Waals surface area contributed by atoms with Crippen molar-refractivity contribution in [2.24, 2.45) is 0 Å². The number of ether oxygens (including phenoxy) is 4. The van der Waals surface area contributed by atoms with Gasteiger partial charge in [-0.25, -0.2) is 4.79 Å². The van der Waals surface area contributed by atoms with Crippen molar-refractivity contribution in [3.63, 3.8) is 0 Å². The fourth-order valence-electron chi connectivity index (χ4n) is 3.63. The monoisotopic (exact) mass is 372 g/mol. The number of rotatable bonds is 2. The Labute approximate surface area is 155 Å². The van der Waals surface area contributed by atoms with E-state index in [4.69, 9.17) is 18.9 Å². The Kier molecular flexibility index (Phi) is 5.52. The van der Waals surface area contributed by atoms with Crippen LogP contribution in [0, 0.1) is 0 Å². The topological polar surface area (TPSA) is 80.7 Å². The van der Waals surface area contributed by atoms with Crippen LogP contribution in [0.3, 0.4) is 0 Å². The predicted octanol–water partition coefficient (Wildman–Crippen LogP) is 1.17. The summed E-state index contributed by atoms with van der Waals surface area (Å²) < 4.78 is 22.8. The van der Waals surface area contributed by atoms with Gasteiger partial charge in [0.05, 0.1) is 0 Å². The van der Waals surface area contributed by atoms with E-state index in [9.17, 15) is 9.90 Å². The highest BCUT2D eigenvalue weighted by atomic mass is 16.8.